The van der Waals surface area contributed by atoms with E-state index in [0.29, 0.717) is 6.42 Å². The van der Waals surface area contributed by atoms with Gasteiger partial charge in [-0.2, -0.15) is 0 Å². The van der Waals surface area contributed by atoms with E-state index in [1.54, 1.807) is 0 Å². The predicted molar refractivity (Wildman–Crippen MR) is 98.2 cm³/mol. The lowest BCUT2D eigenvalue weighted by Crippen LogP contribution is -2.45. The van der Waals surface area contributed by atoms with Gasteiger partial charge in [0.25, 0.3) is 0 Å². The van der Waals surface area contributed by atoms with Crippen LogP contribution >= 0.6 is 0 Å². The lowest BCUT2D eigenvalue weighted by Gasteiger charge is -2.24. The zero-order chi connectivity index (χ0) is 17.2. The summed E-state index contributed by atoms with van der Waals surface area (Å²) in [6, 6.07) is 19.7. The minimum atomic E-state index is -0.784. The molecule has 0 aliphatic rings. The lowest BCUT2D eigenvalue weighted by molar-refractivity contribution is -0.139. The molecule has 2 aromatic rings. The Kier molecular flexibility index (Phi) is 7.50. The van der Waals surface area contributed by atoms with Gasteiger partial charge in [0.2, 0.25) is 0 Å². The third-order valence-corrected chi connectivity index (χ3v) is 4.25. The first kappa shape index (κ1) is 18.2. The number of aliphatic carboxylic acids is 1. The molecule has 0 amide bonds. The summed E-state index contributed by atoms with van der Waals surface area (Å²) >= 11 is 0. The standard InChI is InChI=1S/C21H27NO2/c1-2-3-14-19(15-17-10-6-4-7-11-17)22-20(21(23)24)16-18-12-8-5-9-13-18/h4-13,19-20,22H,2-3,14-16H2,1H3,(H,23,24)/t19-,20+/m1/s1. The number of hydrogen-bond acceptors (Lipinski definition) is 2. The number of rotatable bonds is 10. The summed E-state index contributed by atoms with van der Waals surface area (Å²) in [5, 5.41) is 13.0. The zero-order valence-electron chi connectivity index (χ0n) is 14.3. The lowest BCUT2D eigenvalue weighted by atomic mass is 9.98. The monoisotopic (exact) mass is 325 g/mol. The Balaban J connectivity index is 2.04. The van der Waals surface area contributed by atoms with Crippen molar-refractivity contribution < 1.29 is 9.90 Å². The Labute approximate surface area is 144 Å². The van der Waals surface area contributed by atoms with Crippen LogP contribution in [0.25, 0.3) is 0 Å². The number of unbranched alkanes of at least 4 members (excludes halogenated alkanes) is 1. The second-order valence-electron chi connectivity index (χ2n) is 6.28. The Morgan fingerprint density at radius 3 is 2.00 bits per heavy atom. The van der Waals surface area contributed by atoms with E-state index in [-0.39, 0.29) is 6.04 Å². The van der Waals surface area contributed by atoms with Crippen LogP contribution in [-0.2, 0) is 17.6 Å². The highest BCUT2D eigenvalue weighted by molar-refractivity contribution is 5.74. The van der Waals surface area contributed by atoms with Gasteiger partial charge >= 0.3 is 5.97 Å². The van der Waals surface area contributed by atoms with Crippen molar-refractivity contribution in [2.75, 3.05) is 0 Å². The fourth-order valence-electron chi connectivity index (χ4n) is 2.95. The zero-order valence-corrected chi connectivity index (χ0v) is 14.3. The van der Waals surface area contributed by atoms with E-state index in [9.17, 15) is 9.90 Å². The van der Waals surface area contributed by atoms with Gasteiger partial charge in [0, 0.05) is 6.04 Å². The van der Waals surface area contributed by atoms with Crippen molar-refractivity contribution in [1.29, 1.82) is 0 Å². The van der Waals surface area contributed by atoms with Crippen LogP contribution in [-0.4, -0.2) is 23.2 Å². The Bertz CT molecular complexity index is 598. The van der Waals surface area contributed by atoms with Gasteiger partial charge in [-0.15, -0.1) is 0 Å². The van der Waals surface area contributed by atoms with Crippen molar-refractivity contribution in [3.8, 4) is 0 Å². The summed E-state index contributed by atoms with van der Waals surface area (Å²) in [5.74, 6) is -0.784. The van der Waals surface area contributed by atoms with Gasteiger partial charge in [-0.25, -0.2) is 0 Å². The topological polar surface area (TPSA) is 49.3 Å². The van der Waals surface area contributed by atoms with E-state index < -0.39 is 12.0 Å². The summed E-state index contributed by atoms with van der Waals surface area (Å²) in [4.78, 5) is 11.7. The molecular weight excluding hydrogens is 298 g/mol. The number of carbonyl (C=O) groups is 1. The molecule has 0 spiro atoms. The average Bonchev–Trinajstić information content (AvgIpc) is 2.60. The van der Waals surface area contributed by atoms with Crippen molar-refractivity contribution in [2.45, 2.75) is 51.1 Å². The molecule has 0 saturated carbocycles. The molecule has 0 fully saturated rings. The van der Waals surface area contributed by atoms with Gasteiger partial charge in [0.1, 0.15) is 6.04 Å². The van der Waals surface area contributed by atoms with E-state index in [4.69, 9.17) is 0 Å². The third kappa shape index (κ3) is 6.17. The van der Waals surface area contributed by atoms with Crippen molar-refractivity contribution >= 4 is 5.97 Å². The summed E-state index contributed by atoms with van der Waals surface area (Å²) < 4.78 is 0. The van der Waals surface area contributed by atoms with Crippen LogP contribution < -0.4 is 5.32 Å². The first-order valence-electron chi connectivity index (χ1n) is 8.75. The van der Waals surface area contributed by atoms with Gasteiger partial charge in [0.15, 0.2) is 0 Å². The number of carboxylic acid groups (broad SMARTS) is 1. The first-order chi connectivity index (χ1) is 11.7. The Morgan fingerprint density at radius 2 is 1.50 bits per heavy atom. The molecule has 3 heteroatoms. The molecule has 0 aliphatic carbocycles. The molecule has 0 saturated heterocycles. The maximum Gasteiger partial charge on any atom is 0.321 e. The highest BCUT2D eigenvalue weighted by Gasteiger charge is 2.22. The largest absolute Gasteiger partial charge is 0.480 e. The first-order valence-corrected chi connectivity index (χ1v) is 8.75. The van der Waals surface area contributed by atoms with Crippen molar-refractivity contribution in [2.24, 2.45) is 0 Å². The van der Waals surface area contributed by atoms with Crippen LogP contribution in [0.4, 0.5) is 0 Å². The summed E-state index contributed by atoms with van der Waals surface area (Å²) in [7, 11) is 0. The van der Waals surface area contributed by atoms with E-state index in [2.05, 4.69) is 24.4 Å². The summed E-state index contributed by atoms with van der Waals surface area (Å²) in [6.45, 7) is 2.16. The highest BCUT2D eigenvalue weighted by atomic mass is 16.4. The molecule has 0 radical (unpaired) electrons. The van der Waals surface area contributed by atoms with Crippen molar-refractivity contribution in [3.63, 3.8) is 0 Å². The second kappa shape index (κ2) is 9.89. The fourth-order valence-corrected chi connectivity index (χ4v) is 2.95. The molecule has 0 aliphatic heterocycles. The van der Waals surface area contributed by atoms with Crippen LogP contribution in [0.5, 0.6) is 0 Å². The smallest absolute Gasteiger partial charge is 0.321 e. The van der Waals surface area contributed by atoms with Crippen LogP contribution in [0.2, 0.25) is 0 Å². The molecule has 2 aromatic carbocycles. The molecule has 0 bridgehead atoms. The molecular formula is C21H27NO2. The Morgan fingerprint density at radius 1 is 0.958 bits per heavy atom. The van der Waals surface area contributed by atoms with Gasteiger partial charge in [-0.1, -0.05) is 80.4 Å². The number of benzene rings is 2. The molecule has 3 nitrogen and oxygen atoms in total. The molecule has 0 heterocycles. The maximum atomic E-state index is 11.7. The predicted octanol–water partition coefficient (Wildman–Crippen LogP) is 4.07. The number of nitrogens with one attached hydrogen (secondary N) is 1. The van der Waals surface area contributed by atoms with Crippen LogP contribution in [0.3, 0.4) is 0 Å². The fraction of sp³-hybridized carbons (Fsp3) is 0.381. The maximum absolute atomic E-state index is 11.7. The minimum Gasteiger partial charge on any atom is -0.480 e. The normalized spacial score (nSPS) is 13.4. The molecule has 2 N–H and O–H groups in total. The minimum absolute atomic E-state index is 0.178. The van der Waals surface area contributed by atoms with Crippen LogP contribution in [0.1, 0.15) is 37.3 Å². The van der Waals surface area contributed by atoms with Crippen molar-refractivity contribution in [3.05, 3.63) is 71.8 Å². The molecule has 2 atom stereocenters. The van der Waals surface area contributed by atoms with Gasteiger partial charge in [-0.3, -0.25) is 4.79 Å². The van der Waals surface area contributed by atoms with Gasteiger partial charge < -0.3 is 10.4 Å². The molecule has 2 rings (SSSR count). The van der Waals surface area contributed by atoms with E-state index >= 15 is 0 Å². The summed E-state index contributed by atoms with van der Waals surface area (Å²) in [6.07, 6.45) is 4.57. The second-order valence-corrected chi connectivity index (χ2v) is 6.28. The number of hydrogen-bond donors (Lipinski definition) is 2. The van der Waals surface area contributed by atoms with E-state index in [1.807, 2.05) is 48.5 Å². The van der Waals surface area contributed by atoms with Crippen LogP contribution in [0, 0.1) is 0 Å². The summed E-state index contributed by atoms with van der Waals surface area (Å²) in [5.41, 5.74) is 2.29. The SMILES string of the molecule is CCCC[C@H](Cc1ccccc1)N[C@@H](Cc1ccccc1)C(=O)O. The van der Waals surface area contributed by atoms with E-state index in [1.165, 1.54) is 5.56 Å². The van der Waals surface area contributed by atoms with Crippen LogP contribution in [0.15, 0.2) is 60.7 Å². The Hall–Kier alpha value is -2.13. The highest BCUT2D eigenvalue weighted by Crippen LogP contribution is 2.12. The molecule has 0 aromatic heterocycles. The van der Waals surface area contributed by atoms with E-state index in [0.717, 1.165) is 31.2 Å². The average molecular weight is 325 g/mol. The number of carboxylic acids is 1. The van der Waals surface area contributed by atoms with Gasteiger partial charge in [0.05, 0.1) is 0 Å². The quantitative estimate of drug-likeness (QED) is 0.692. The molecule has 24 heavy (non-hydrogen) atoms. The molecule has 0 unspecified atom stereocenters. The van der Waals surface area contributed by atoms with Crippen molar-refractivity contribution in [1.82, 2.24) is 5.32 Å². The third-order valence-electron chi connectivity index (χ3n) is 4.25. The van der Waals surface area contributed by atoms with Gasteiger partial charge in [-0.05, 0) is 30.4 Å². The molecule has 128 valence electrons.